The van der Waals surface area contributed by atoms with Crippen molar-refractivity contribution in [2.75, 3.05) is 25.0 Å². The number of hydrogen-bond donors (Lipinski definition) is 2. The molecule has 1 aliphatic heterocycles. The van der Waals surface area contributed by atoms with Crippen LogP contribution in [0.25, 0.3) is 0 Å². The molecule has 1 fully saturated rings. The Morgan fingerprint density at radius 3 is 2.83 bits per heavy atom. The van der Waals surface area contributed by atoms with Gasteiger partial charge in [0.1, 0.15) is 0 Å². The zero-order valence-corrected chi connectivity index (χ0v) is 11.5. The molecular weight excluding hydrogens is 220 g/mol. The van der Waals surface area contributed by atoms with Crippen molar-refractivity contribution in [1.29, 1.82) is 0 Å². The fourth-order valence-corrected chi connectivity index (χ4v) is 3.04. The predicted molar refractivity (Wildman–Crippen MR) is 76.9 cm³/mol. The third-order valence-electron chi connectivity index (χ3n) is 4.65. The summed E-state index contributed by atoms with van der Waals surface area (Å²) in [4.78, 5) is 0. The summed E-state index contributed by atoms with van der Waals surface area (Å²) in [5.41, 5.74) is 3.41. The summed E-state index contributed by atoms with van der Waals surface area (Å²) in [6.07, 6.45) is 2.61. The number of anilines is 1. The molecule has 1 saturated carbocycles. The van der Waals surface area contributed by atoms with Crippen LogP contribution in [0.15, 0.2) is 24.3 Å². The molecule has 0 radical (unpaired) electrons. The summed E-state index contributed by atoms with van der Waals surface area (Å²) in [6.45, 7) is 8.20. The lowest BCUT2D eigenvalue weighted by Crippen LogP contribution is -2.33. The molecule has 18 heavy (non-hydrogen) atoms. The van der Waals surface area contributed by atoms with E-state index in [1.54, 1.807) is 0 Å². The Labute approximate surface area is 110 Å². The van der Waals surface area contributed by atoms with E-state index in [0.29, 0.717) is 5.41 Å². The van der Waals surface area contributed by atoms with Gasteiger partial charge in [-0.05, 0) is 54.8 Å². The fourth-order valence-electron chi connectivity index (χ4n) is 3.04. The van der Waals surface area contributed by atoms with E-state index in [2.05, 4.69) is 48.7 Å². The maximum atomic E-state index is 3.66. The third kappa shape index (κ3) is 2.54. The van der Waals surface area contributed by atoms with E-state index in [1.165, 1.54) is 30.6 Å². The Morgan fingerprint density at radius 1 is 1.28 bits per heavy atom. The molecule has 1 heterocycles. The predicted octanol–water partition coefficient (Wildman–Crippen LogP) is 2.91. The molecule has 1 aromatic rings. The summed E-state index contributed by atoms with van der Waals surface area (Å²) in [6, 6.07) is 8.69. The first-order valence-electron chi connectivity index (χ1n) is 7.18. The van der Waals surface area contributed by atoms with Gasteiger partial charge in [0.25, 0.3) is 0 Å². The summed E-state index contributed by atoms with van der Waals surface area (Å²) >= 11 is 0. The average Bonchev–Trinajstić information content (AvgIpc) is 2.97. The van der Waals surface area contributed by atoms with Gasteiger partial charge in [-0.1, -0.05) is 32.0 Å². The summed E-state index contributed by atoms with van der Waals surface area (Å²) in [5.74, 6) is 1.64. The van der Waals surface area contributed by atoms with Crippen LogP contribution in [-0.4, -0.2) is 19.6 Å². The molecule has 98 valence electrons. The minimum Gasteiger partial charge on any atom is -0.384 e. The van der Waals surface area contributed by atoms with Crippen LogP contribution >= 0.6 is 0 Å². The van der Waals surface area contributed by atoms with Crippen molar-refractivity contribution < 1.29 is 0 Å². The van der Waals surface area contributed by atoms with Gasteiger partial charge in [0, 0.05) is 12.2 Å². The molecule has 0 amide bonds. The van der Waals surface area contributed by atoms with E-state index >= 15 is 0 Å². The molecule has 2 unspecified atom stereocenters. The van der Waals surface area contributed by atoms with E-state index in [1.807, 2.05) is 0 Å². The topological polar surface area (TPSA) is 24.1 Å². The largest absolute Gasteiger partial charge is 0.384 e. The molecule has 2 nitrogen and oxygen atoms in total. The van der Waals surface area contributed by atoms with Gasteiger partial charge in [-0.25, -0.2) is 0 Å². The Kier molecular flexibility index (Phi) is 3.06. The second-order valence-corrected chi connectivity index (χ2v) is 6.66. The molecule has 2 heteroatoms. The van der Waals surface area contributed by atoms with Crippen molar-refractivity contribution in [3.05, 3.63) is 29.8 Å². The van der Waals surface area contributed by atoms with Crippen LogP contribution < -0.4 is 10.6 Å². The van der Waals surface area contributed by atoms with Gasteiger partial charge in [0.05, 0.1) is 0 Å². The van der Waals surface area contributed by atoms with Gasteiger partial charge >= 0.3 is 0 Å². The first-order valence-corrected chi connectivity index (χ1v) is 7.18. The van der Waals surface area contributed by atoms with E-state index < -0.39 is 0 Å². The minimum atomic E-state index is 0.602. The van der Waals surface area contributed by atoms with Crippen molar-refractivity contribution in [1.82, 2.24) is 5.32 Å². The summed E-state index contributed by atoms with van der Waals surface area (Å²) in [5, 5.41) is 7.21. The molecule has 2 N–H and O–H groups in total. The standard InChI is InChI=1S/C16H24N2/c1-16(2)8-14(16)11-17-9-12-7-13-5-3-4-6-15(13)18-10-12/h3-6,12,14,17-18H,7-11H2,1-2H3. The molecule has 1 aliphatic carbocycles. The molecule has 1 aromatic carbocycles. The van der Waals surface area contributed by atoms with E-state index in [0.717, 1.165) is 24.9 Å². The zero-order valence-electron chi connectivity index (χ0n) is 11.5. The van der Waals surface area contributed by atoms with Crippen molar-refractivity contribution in [3.8, 4) is 0 Å². The van der Waals surface area contributed by atoms with Gasteiger partial charge in [-0.3, -0.25) is 0 Å². The van der Waals surface area contributed by atoms with Crippen LogP contribution in [0.3, 0.4) is 0 Å². The van der Waals surface area contributed by atoms with E-state index in [4.69, 9.17) is 0 Å². The third-order valence-corrected chi connectivity index (χ3v) is 4.65. The molecule has 0 aromatic heterocycles. The Bertz CT molecular complexity index is 425. The first kappa shape index (κ1) is 12.0. The van der Waals surface area contributed by atoms with Gasteiger partial charge in [-0.15, -0.1) is 0 Å². The number of benzene rings is 1. The summed E-state index contributed by atoms with van der Waals surface area (Å²) in [7, 11) is 0. The molecule has 2 aliphatic rings. The smallest absolute Gasteiger partial charge is 0.0372 e. The van der Waals surface area contributed by atoms with Crippen LogP contribution in [0, 0.1) is 17.3 Å². The maximum absolute atomic E-state index is 3.66. The highest BCUT2D eigenvalue weighted by Crippen LogP contribution is 2.50. The highest BCUT2D eigenvalue weighted by Gasteiger charge is 2.44. The Hall–Kier alpha value is -1.02. The Morgan fingerprint density at radius 2 is 2.06 bits per heavy atom. The average molecular weight is 244 g/mol. The number of hydrogen-bond acceptors (Lipinski definition) is 2. The second-order valence-electron chi connectivity index (χ2n) is 6.66. The minimum absolute atomic E-state index is 0.602. The van der Waals surface area contributed by atoms with Gasteiger partial charge in [0.15, 0.2) is 0 Å². The van der Waals surface area contributed by atoms with Crippen LogP contribution in [-0.2, 0) is 6.42 Å². The lowest BCUT2D eigenvalue weighted by molar-refractivity contribution is 0.453. The van der Waals surface area contributed by atoms with Crippen LogP contribution in [0.1, 0.15) is 25.8 Å². The molecule has 2 atom stereocenters. The van der Waals surface area contributed by atoms with Crippen LogP contribution in [0.4, 0.5) is 5.69 Å². The highest BCUT2D eigenvalue weighted by atomic mass is 14.9. The number of fused-ring (bicyclic) bond motifs is 1. The van der Waals surface area contributed by atoms with E-state index in [9.17, 15) is 0 Å². The van der Waals surface area contributed by atoms with Crippen molar-refractivity contribution in [2.24, 2.45) is 17.3 Å². The maximum Gasteiger partial charge on any atom is 0.0372 e. The highest BCUT2D eigenvalue weighted by molar-refractivity contribution is 5.53. The van der Waals surface area contributed by atoms with Crippen molar-refractivity contribution in [3.63, 3.8) is 0 Å². The molecular formula is C16H24N2. The lowest BCUT2D eigenvalue weighted by Gasteiger charge is -2.26. The number of para-hydroxylation sites is 1. The molecule has 0 bridgehead atoms. The van der Waals surface area contributed by atoms with Crippen LogP contribution in [0.5, 0.6) is 0 Å². The fraction of sp³-hybridized carbons (Fsp3) is 0.625. The second kappa shape index (κ2) is 4.58. The van der Waals surface area contributed by atoms with Gasteiger partial charge in [0.2, 0.25) is 0 Å². The monoisotopic (exact) mass is 244 g/mol. The van der Waals surface area contributed by atoms with Crippen LogP contribution in [0.2, 0.25) is 0 Å². The van der Waals surface area contributed by atoms with Gasteiger partial charge in [-0.2, -0.15) is 0 Å². The molecule has 0 spiro atoms. The SMILES string of the molecule is CC1(C)CC1CNCC1CNc2ccccc2C1. The van der Waals surface area contributed by atoms with Crippen molar-refractivity contribution >= 4 is 5.69 Å². The lowest BCUT2D eigenvalue weighted by atomic mass is 9.94. The van der Waals surface area contributed by atoms with Crippen molar-refractivity contribution in [2.45, 2.75) is 26.7 Å². The Balaban J connectivity index is 1.45. The quantitative estimate of drug-likeness (QED) is 0.851. The number of nitrogens with one attached hydrogen (secondary N) is 2. The first-order chi connectivity index (χ1) is 8.65. The molecule has 0 saturated heterocycles. The molecule has 3 rings (SSSR count). The van der Waals surface area contributed by atoms with Gasteiger partial charge < -0.3 is 10.6 Å². The zero-order chi connectivity index (χ0) is 12.6. The van der Waals surface area contributed by atoms with E-state index in [-0.39, 0.29) is 0 Å². The normalized spacial score (nSPS) is 28.3. The number of rotatable bonds is 4. The summed E-state index contributed by atoms with van der Waals surface area (Å²) < 4.78 is 0.